The molecule has 6 heteroatoms. The maximum Gasteiger partial charge on any atom is 0.312 e. The normalized spacial score (nSPS) is 21.9. The molecule has 196 valence electrons. The fraction of sp³-hybridized carbons (Fsp3) is 0.679. The Morgan fingerprint density at radius 3 is 2.06 bits per heavy atom. The summed E-state index contributed by atoms with van der Waals surface area (Å²) in [5.41, 5.74) is 0.592. The second-order valence-electron chi connectivity index (χ2n) is 10.5. The van der Waals surface area contributed by atoms with Gasteiger partial charge in [-0.25, -0.2) is 0 Å². The molecule has 1 saturated heterocycles. The van der Waals surface area contributed by atoms with Gasteiger partial charge in [0.25, 0.3) is 0 Å². The number of ether oxygens (including phenoxy) is 5. The van der Waals surface area contributed by atoms with Gasteiger partial charge in [0.05, 0.1) is 38.4 Å². The van der Waals surface area contributed by atoms with Crippen LogP contribution in [0.15, 0.2) is 25.3 Å². The number of hydrogen-bond donors (Lipinski definition) is 0. The predicted octanol–water partition coefficient (Wildman–Crippen LogP) is 6.75. The quantitative estimate of drug-likeness (QED) is 0.318. The zero-order valence-electron chi connectivity index (χ0n) is 22.3. The fourth-order valence-corrected chi connectivity index (χ4v) is 4.01. The van der Waals surface area contributed by atoms with Crippen molar-refractivity contribution in [1.29, 1.82) is 0 Å². The number of esters is 1. The molecular formula is C28H48O6. The fourth-order valence-electron chi connectivity index (χ4n) is 4.01. The molecule has 1 aliphatic rings. The zero-order chi connectivity index (χ0) is 25.6. The van der Waals surface area contributed by atoms with Crippen molar-refractivity contribution in [3.05, 3.63) is 36.4 Å². The number of methoxy groups -OCH3 is 2. The van der Waals surface area contributed by atoms with Crippen LogP contribution in [0.2, 0.25) is 0 Å². The molecule has 0 radical (unpaired) electrons. The van der Waals surface area contributed by atoms with Crippen LogP contribution < -0.4 is 9.47 Å². The maximum atomic E-state index is 13.1. The first-order valence-corrected chi connectivity index (χ1v) is 11.4. The Kier molecular flexibility index (Phi) is 11.8. The van der Waals surface area contributed by atoms with Gasteiger partial charge in [0.1, 0.15) is 18.1 Å². The number of aryl methyl sites for hydroxylation is 1. The van der Waals surface area contributed by atoms with Crippen LogP contribution in [-0.4, -0.2) is 40.0 Å². The second-order valence-corrected chi connectivity index (χ2v) is 10.5. The van der Waals surface area contributed by atoms with Crippen molar-refractivity contribution >= 4 is 5.97 Å². The van der Waals surface area contributed by atoms with Crippen molar-refractivity contribution in [3.63, 3.8) is 0 Å². The van der Waals surface area contributed by atoms with E-state index in [1.54, 1.807) is 14.2 Å². The number of carbonyl (C=O) groups is 1. The van der Waals surface area contributed by atoms with Gasteiger partial charge in [0.2, 0.25) is 0 Å². The van der Waals surface area contributed by atoms with Crippen LogP contribution in [-0.2, 0) is 19.0 Å². The molecule has 2 rings (SSSR count). The van der Waals surface area contributed by atoms with E-state index in [1.165, 1.54) is 0 Å². The van der Waals surface area contributed by atoms with Gasteiger partial charge < -0.3 is 23.7 Å². The third-order valence-electron chi connectivity index (χ3n) is 6.87. The number of benzene rings is 1. The molecule has 1 atom stereocenters. The van der Waals surface area contributed by atoms with E-state index >= 15 is 0 Å². The summed E-state index contributed by atoms with van der Waals surface area (Å²) in [5.74, 6) is 1.36. The monoisotopic (exact) mass is 480 g/mol. The van der Waals surface area contributed by atoms with Gasteiger partial charge in [-0.05, 0) is 36.8 Å². The minimum atomic E-state index is -0.587. The van der Waals surface area contributed by atoms with E-state index in [2.05, 4.69) is 47.8 Å². The van der Waals surface area contributed by atoms with E-state index in [1.807, 2.05) is 32.9 Å². The summed E-state index contributed by atoms with van der Waals surface area (Å²) in [6, 6.07) is 3.75. The molecular weight excluding hydrogens is 432 g/mol. The third-order valence-corrected chi connectivity index (χ3v) is 6.87. The van der Waals surface area contributed by atoms with Crippen molar-refractivity contribution in [2.24, 2.45) is 22.2 Å². The Labute approximate surface area is 208 Å². The molecule has 0 amide bonds. The summed E-state index contributed by atoms with van der Waals surface area (Å²) in [6.07, 6.45) is -0.542. The summed E-state index contributed by atoms with van der Waals surface area (Å²) in [7, 11) is 3.24. The van der Waals surface area contributed by atoms with Crippen LogP contribution in [0.25, 0.3) is 0 Å². The molecule has 0 saturated carbocycles. The predicted molar refractivity (Wildman–Crippen MR) is 138 cm³/mol. The van der Waals surface area contributed by atoms with Crippen molar-refractivity contribution in [1.82, 2.24) is 0 Å². The topological polar surface area (TPSA) is 63.2 Å². The number of rotatable bonds is 7. The van der Waals surface area contributed by atoms with E-state index in [0.29, 0.717) is 19.0 Å². The molecule has 0 bridgehead atoms. The van der Waals surface area contributed by atoms with E-state index < -0.39 is 17.1 Å². The highest BCUT2D eigenvalue weighted by molar-refractivity contribution is 5.77. The minimum Gasteiger partial charge on any atom is -0.497 e. The van der Waals surface area contributed by atoms with Crippen molar-refractivity contribution in [3.8, 4) is 11.5 Å². The van der Waals surface area contributed by atoms with E-state index in [4.69, 9.17) is 23.7 Å². The highest BCUT2D eigenvalue weighted by Gasteiger charge is 2.49. The van der Waals surface area contributed by atoms with Gasteiger partial charge in [-0.3, -0.25) is 4.79 Å². The van der Waals surface area contributed by atoms with Gasteiger partial charge in [-0.15, -0.1) is 13.2 Å². The van der Waals surface area contributed by atoms with Crippen LogP contribution in [0.4, 0.5) is 0 Å². The first kappa shape index (κ1) is 31.9. The molecule has 1 aromatic rings. The Morgan fingerprint density at radius 2 is 1.65 bits per heavy atom. The lowest BCUT2D eigenvalue weighted by Gasteiger charge is -2.44. The molecule has 6 nitrogen and oxygen atoms in total. The highest BCUT2D eigenvalue weighted by atomic mass is 16.7. The molecule has 1 aromatic carbocycles. The van der Waals surface area contributed by atoms with Crippen LogP contribution in [0.3, 0.4) is 0 Å². The van der Waals surface area contributed by atoms with E-state index in [0.717, 1.165) is 16.9 Å². The third kappa shape index (κ3) is 6.76. The summed E-state index contributed by atoms with van der Waals surface area (Å²) in [4.78, 5) is 13.1. The van der Waals surface area contributed by atoms with Gasteiger partial charge in [-0.1, -0.05) is 49.0 Å². The molecule has 0 spiro atoms. The summed E-state index contributed by atoms with van der Waals surface area (Å²) >= 11 is 0. The standard InChI is InChI=1S/C25H40O6.C2H4.CH4/c1-16(2)25(8,23(4,5)6)22(26)31-15-24(7)13-29-21(30-14-24)20-17(3)11-18(27-9)12-19(20)28-10;1-2;/h11-12,16,21H,13-15H2,1-10H3;1-2H2;1H4. The molecule has 0 N–H and O–H groups in total. The number of carbonyl (C=O) groups excluding carboxylic acids is 1. The SMILES string of the molecule is C.C=C.COc1cc(C)c(C2OCC(C)(COC(=O)C(C)(C(C)C)C(C)(C)C)CO2)c(OC)c1. The Hall–Kier alpha value is -2.05. The molecule has 1 aliphatic heterocycles. The highest BCUT2D eigenvalue weighted by Crippen LogP contribution is 2.46. The molecule has 1 fully saturated rings. The first-order chi connectivity index (χ1) is 15.3. The first-order valence-electron chi connectivity index (χ1n) is 11.4. The Balaban J connectivity index is 0.00000353. The minimum absolute atomic E-state index is 0. The van der Waals surface area contributed by atoms with Crippen LogP contribution >= 0.6 is 0 Å². The van der Waals surface area contributed by atoms with Crippen LogP contribution in [0.1, 0.15) is 73.3 Å². The average Bonchev–Trinajstić information content (AvgIpc) is 2.77. The summed E-state index contributed by atoms with van der Waals surface area (Å²) in [5, 5.41) is 0. The summed E-state index contributed by atoms with van der Waals surface area (Å²) < 4.78 is 28.8. The van der Waals surface area contributed by atoms with E-state index in [9.17, 15) is 4.79 Å². The zero-order valence-corrected chi connectivity index (χ0v) is 22.3. The van der Waals surface area contributed by atoms with Gasteiger partial charge in [0, 0.05) is 11.5 Å². The molecule has 1 unspecified atom stereocenters. The van der Waals surface area contributed by atoms with Gasteiger partial charge >= 0.3 is 5.97 Å². The second kappa shape index (κ2) is 12.6. The Bertz CT molecular complexity index is 787. The molecule has 0 aromatic heterocycles. The lowest BCUT2D eigenvalue weighted by molar-refractivity contribution is -0.241. The average molecular weight is 481 g/mol. The lowest BCUT2D eigenvalue weighted by atomic mass is 9.62. The summed E-state index contributed by atoms with van der Waals surface area (Å²) in [6.45, 7) is 23.4. The van der Waals surface area contributed by atoms with Gasteiger partial charge in [0.15, 0.2) is 6.29 Å². The van der Waals surface area contributed by atoms with Gasteiger partial charge in [-0.2, -0.15) is 0 Å². The number of hydrogen-bond acceptors (Lipinski definition) is 6. The Morgan fingerprint density at radius 1 is 1.12 bits per heavy atom. The maximum absolute atomic E-state index is 13.1. The van der Waals surface area contributed by atoms with Crippen molar-refractivity contribution in [2.75, 3.05) is 34.0 Å². The van der Waals surface area contributed by atoms with Crippen molar-refractivity contribution < 1.29 is 28.5 Å². The molecule has 0 aliphatic carbocycles. The molecule has 1 heterocycles. The lowest BCUT2D eigenvalue weighted by Crippen LogP contribution is -2.48. The largest absolute Gasteiger partial charge is 0.497 e. The van der Waals surface area contributed by atoms with E-state index in [-0.39, 0.29) is 31.3 Å². The van der Waals surface area contributed by atoms with Crippen molar-refractivity contribution in [2.45, 2.75) is 69.1 Å². The van der Waals surface area contributed by atoms with Crippen LogP contribution in [0.5, 0.6) is 11.5 Å². The smallest absolute Gasteiger partial charge is 0.312 e. The molecule has 34 heavy (non-hydrogen) atoms. The van der Waals surface area contributed by atoms with Crippen LogP contribution in [0, 0.1) is 29.1 Å².